The number of carbonyl (C=O) groups excluding carboxylic acids is 1. The highest BCUT2D eigenvalue weighted by Gasteiger charge is 2.45. The van der Waals surface area contributed by atoms with E-state index < -0.39 is 0 Å². The summed E-state index contributed by atoms with van der Waals surface area (Å²) >= 11 is 1.77. The molecule has 0 saturated carbocycles. The molecule has 0 spiro atoms. The molecule has 0 bridgehead atoms. The molecule has 106 valence electrons. The molecule has 4 nitrogen and oxygen atoms in total. The quantitative estimate of drug-likeness (QED) is 0.856. The third-order valence-electron chi connectivity index (χ3n) is 3.77. The maximum absolute atomic E-state index is 12.4. The number of amidine groups is 1. The summed E-state index contributed by atoms with van der Waals surface area (Å²) in [5.41, 5.74) is 0.987. The maximum Gasteiger partial charge on any atom is 0.232 e. The summed E-state index contributed by atoms with van der Waals surface area (Å²) in [4.78, 5) is 22.3. The van der Waals surface area contributed by atoms with E-state index in [4.69, 9.17) is 4.99 Å². The Kier molecular flexibility index (Phi) is 3.56. The van der Waals surface area contributed by atoms with Crippen LogP contribution < -0.4 is 0 Å². The highest BCUT2D eigenvalue weighted by molar-refractivity contribution is 8.01. The van der Waals surface area contributed by atoms with Crippen molar-refractivity contribution in [2.45, 2.75) is 17.1 Å². The lowest BCUT2D eigenvalue weighted by atomic mass is 10.1. The van der Waals surface area contributed by atoms with E-state index in [9.17, 15) is 4.79 Å². The van der Waals surface area contributed by atoms with E-state index in [0.29, 0.717) is 6.54 Å². The number of fused-ring (bicyclic) bond motifs is 2. The molecular weight excluding hydrogens is 270 g/mol. The van der Waals surface area contributed by atoms with Gasteiger partial charge in [0.05, 0.1) is 16.9 Å². The molecule has 1 amide bonds. The number of likely N-dealkylation sites (tertiary alicyclic amines) is 1. The van der Waals surface area contributed by atoms with Gasteiger partial charge in [-0.3, -0.25) is 9.69 Å². The molecule has 0 N–H and O–H groups in total. The van der Waals surface area contributed by atoms with Crippen molar-refractivity contribution in [1.82, 2.24) is 9.80 Å². The van der Waals surface area contributed by atoms with Crippen molar-refractivity contribution >= 4 is 29.2 Å². The Morgan fingerprint density at radius 2 is 2.10 bits per heavy atom. The molecule has 0 aliphatic carbocycles. The van der Waals surface area contributed by atoms with Crippen LogP contribution in [0.5, 0.6) is 0 Å². The first-order valence-corrected chi connectivity index (χ1v) is 7.76. The van der Waals surface area contributed by atoms with Crippen LogP contribution in [0.1, 0.15) is 6.92 Å². The molecule has 2 atom stereocenters. The minimum atomic E-state index is 0.00858. The second-order valence-corrected chi connectivity index (χ2v) is 6.74. The van der Waals surface area contributed by atoms with Crippen LogP contribution >= 0.6 is 11.8 Å². The highest BCUT2D eigenvalue weighted by Crippen LogP contribution is 2.44. The van der Waals surface area contributed by atoms with E-state index in [1.165, 1.54) is 4.90 Å². The third kappa shape index (κ3) is 2.25. The average Bonchev–Trinajstić information content (AvgIpc) is 2.66. The van der Waals surface area contributed by atoms with E-state index in [1.807, 2.05) is 44.1 Å². The standard InChI is InChI=1S/C15H19N3OS/c1-10-13-14(18(15(10)19)9-8-17(2)3)16-11-6-4-5-7-12(11)20-13/h4-7,10,13H,8-9H2,1-3H3/t10-,13+/m1/s1. The van der Waals surface area contributed by atoms with Crippen LogP contribution in [0.25, 0.3) is 0 Å². The second kappa shape index (κ2) is 5.22. The van der Waals surface area contributed by atoms with Crippen molar-refractivity contribution in [3.8, 4) is 0 Å². The zero-order valence-electron chi connectivity index (χ0n) is 12.0. The first-order chi connectivity index (χ1) is 9.58. The van der Waals surface area contributed by atoms with Gasteiger partial charge in [-0.2, -0.15) is 0 Å². The summed E-state index contributed by atoms with van der Waals surface area (Å²) in [5.74, 6) is 1.15. The van der Waals surface area contributed by atoms with Gasteiger partial charge in [-0.1, -0.05) is 19.1 Å². The zero-order chi connectivity index (χ0) is 14.3. The van der Waals surface area contributed by atoms with Crippen molar-refractivity contribution in [3.05, 3.63) is 24.3 Å². The number of amides is 1. The molecule has 20 heavy (non-hydrogen) atoms. The Balaban J connectivity index is 1.93. The number of benzene rings is 1. The number of rotatable bonds is 3. The number of aliphatic imine (C=N–C) groups is 1. The number of hydrogen-bond acceptors (Lipinski definition) is 4. The Labute approximate surface area is 123 Å². The predicted molar refractivity (Wildman–Crippen MR) is 82.6 cm³/mol. The van der Waals surface area contributed by atoms with Gasteiger partial charge < -0.3 is 4.90 Å². The molecule has 2 aliphatic rings. The van der Waals surface area contributed by atoms with Crippen LogP contribution in [0.4, 0.5) is 5.69 Å². The Bertz CT molecular complexity index is 570. The topological polar surface area (TPSA) is 35.9 Å². The van der Waals surface area contributed by atoms with Crippen molar-refractivity contribution in [2.75, 3.05) is 27.2 Å². The van der Waals surface area contributed by atoms with E-state index in [1.54, 1.807) is 11.8 Å². The van der Waals surface area contributed by atoms with Crippen LogP contribution in [0.2, 0.25) is 0 Å². The average molecular weight is 289 g/mol. The van der Waals surface area contributed by atoms with Crippen LogP contribution in [0.3, 0.4) is 0 Å². The van der Waals surface area contributed by atoms with Gasteiger partial charge in [-0.15, -0.1) is 11.8 Å². The van der Waals surface area contributed by atoms with Crippen molar-refractivity contribution in [2.24, 2.45) is 10.9 Å². The SMILES string of the molecule is C[C@H]1C(=O)N(CCN(C)C)C2=Nc3ccccc3S[C@H]21. The van der Waals surface area contributed by atoms with Gasteiger partial charge in [-0.25, -0.2) is 4.99 Å². The van der Waals surface area contributed by atoms with E-state index >= 15 is 0 Å². The third-order valence-corrected chi connectivity index (χ3v) is 5.24. The van der Waals surface area contributed by atoms with Crippen molar-refractivity contribution in [3.63, 3.8) is 0 Å². The van der Waals surface area contributed by atoms with Gasteiger partial charge in [0.15, 0.2) is 0 Å². The molecule has 0 unspecified atom stereocenters. The summed E-state index contributed by atoms with van der Waals surface area (Å²) in [6.07, 6.45) is 0. The predicted octanol–water partition coefficient (Wildman–Crippen LogP) is 2.23. The number of thioether (sulfide) groups is 1. The van der Waals surface area contributed by atoms with E-state index in [2.05, 4.69) is 11.0 Å². The fourth-order valence-electron chi connectivity index (χ4n) is 2.58. The van der Waals surface area contributed by atoms with Gasteiger partial charge >= 0.3 is 0 Å². The molecule has 1 saturated heterocycles. The molecular formula is C15H19N3OS. The van der Waals surface area contributed by atoms with Gasteiger partial charge in [-0.05, 0) is 26.2 Å². The van der Waals surface area contributed by atoms with E-state index in [-0.39, 0.29) is 17.1 Å². The molecule has 0 aromatic heterocycles. The lowest BCUT2D eigenvalue weighted by molar-refractivity contribution is -0.128. The zero-order valence-corrected chi connectivity index (χ0v) is 12.9. The Morgan fingerprint density at radius 3 is 2.85 bits per heavy atom. The van der Waals surface area contributed by atoms with Crippen LogP contribution in [0, 0.1) is 5.92 Å². The number of hydrogen-bond donors (Lipinski definition) is 0. The van der Waals surface area contributed by atoms with Crippen LogP contribution in [-0.4, -0.2) is 54.0 Å². The normalized spacial score (nSPS) is 24.7. The largest absolute Gasteiger partial charge is 0.308 e. The van der Waals surface area contributed by atoms with Gasteiger partial charge in [0, 0.05) is 18.0 Å². The molecule has 1 aromatic carbocycles. The minimum Gasteiger partial charge on any atom is -0.308 e. The second-order valence-electron chi connectivity index (χ2n) is 5.56. The van der Waals surface area contributed by atoms with Gasteiger partial charge in [0.25, 0.3) is 0 Å². The molecule has 2 heterocycles. The fourth-order valence-corrected chi connectivity index (χ4v) is 3.85. The lowest BCUT2D eigenvalue weighted by Gasteiger charge is -2.24. The first kappa shape index (κ1) is 13.6. The first-order valence-electron chi connectivity index (χ1n) is 6.88. The van der Waals surface area contributed by atoms with Crippen LogP contribution in [0.15, 0.2) is 34.2 Å². The summed E-state index contributed by atoms with van der Waals surface area (Å²) in [7, 11) is 4.04. The number of likely N-dealkylation sites (N-methyl/N-ethyl adjacent to an activating group) is 1. The summed E-state index contributed by atoms with van der Waals surface area (Å²) in [6.45, 7) is 3.59. The summed E-state index contributed by atoms with van der Waals surface area (Å²) in [6, 6.07) is 8.12. The smallest absolute Gasteiger partial charge is 0.232 e. The highest BCUT2D eigenvalue weighted by atomic mass is 32.2. The maximum atomic E-state index is 12.4. The molecule has 2 aliphatic heterocycles. The monoisotopic (exact) mass is 289 g/mol. The number of carbonyl (C=O) groups is 1. The minimum absolute atomic E-state index is 0.00858. The van der Waals surface area contributed by atoms with Crippen molar-refractivity contribution < 1.29 is 4.79 Å². The van der Waals surface area contributed by atoms with Crippen molar-refractivity contribution in [1.29, 1.82) is 0 Å². The number of nitrogens with zero attached hydrogens (tertiary/aromatic N) is 3. The van der Waals surface area contributed by atoms with Crippen LogP contribution in [-0.2, 0) is 4.79 Å². The molecule has 0 radical (unpaired) electrons. The van der Waals surface area contributed by atoms with Gasteiger partial charge in [0.1, 0.15) is 5.84 Å². The molecule has 3 rings (SSSR count). The molecule has 1 fully saturated rings. The summed E-state index contributed by atoms with van der Waals surface area (Å²) < 4.78 is 0. The lowest BCUT2D eigenvalue weighted by Crippen LogP contribution is -2.37. The van der Waals surface area contributed by atoms with Gasteiger partial charge in [0.2, 0.25) is 5.91 Å². The summed E-state index contributed by atoms with van der Waals surface area (Å²) in [5, 5.41) is 0.166. The fraction of sp³-hybridized carbons (Fsp3) is 0.467. The Morgan fingerprint density at radius 1 is 1.35 bits per heavy atom. The molecule has 5 heteroatoms. The van der Waals surface area contributed by atoms with E-state index in [0.717, 1.165) is 18.1 Å². The number of para-hydroxylation sites is 1. The Hall–Kier alpha value is -1.33. The molecule has 1 aromatic rings.